The van der Waals surface area contributed by atoms with Gasteiger partial charge in [-0.1, -0.05) is 13.3 Å². The lowest BCUT2D eigenvalue weighted by Gasteiger charge is -2.14. The highest BCUT2D eigenvalue weighted by atomic mass is 32.2. The third-order valence-electron chi connectivity index (χ3n) is 1.99. The number of nitrogens with zero attached hydrogens (tertiary/aromatic N) is 2. The Labute approximate surface area is 84.2 Å². The molecule has 0 fully saturated rings. The van der Waals surface area contributed by atoms with Crippen molar-refractivity contribution in [2.45, 2.75) is 24.8 Å². The van der Waals surface area contributed by atoms with Gasteiger partial charge < -0.3 is 0 Å². The van der Waals surface area contributed by atoms with E-state index in [0.717, 1.165) is 12.8 Å². The fraction of sp³-hybridized carbons (Fsp3) is 0.625. The number of nitrogens with one attached hydrogen (secondary N) is 1. The molecule has 6 heteroatoms. The first-order valence-corrected chi connectivity index (χ1v) is 5.98. The van der Waals surface area contributed by atoms with Crippen LogP contribution in [0, 0.1) is 0 Å². The summed E-state index contributed by atoms with van der Waals surface area (Å²) in [6, 6.07) is 1.46. The van der Waals surface area contributed by atoms with Crippen molar-refractivity contribution >= 4 is 10.0 Å². The molecule has 0 atom stereocenters. The lowest BCUT2D eigenvalue weighted by molar-refractivity contribution is 0.456. The molecule has 0 saturated carbocycles. The van der Waals surface area contributed by atoms with Crippen molar-refractivity contribution in [3.63, 3.8) is 0 Å². The Hall–Kier alpha value is -0.880. The average molecular weight is 217 g/mol. The summed E-state index contributed by atoms with van der Waals surface area (Å²) in [7, 11) is -1.78. The van der Waals surface area contributed by atoms with Gasteiger partial charge >= 0.3 is 0 Å². The first-order valence-electron chi connectivity index (χ1n) is 4.54. The molecule has 80 valence electrons. The highest BCUT2D eigenvalue weighted by Crippen LogP contribution is 2.10. The van der Waals surface area contributed by atoms with E-state index in [-0.39, 0.29) is 5.03 Å². The largest absolute Gasteiger partial charge is 0.266 e. The molecule has 0 aliphatic rings. The van der Waals surface area contributed by atoms with Crippen LogP contribution in [0.25, 0.3) is 0 Å². The Morgan fingerprint density at radius 2 is 2.29 bits per heavy atom. The number of hydrogen-bond acceptors (Lipinski definition) is 3. The maximum atomic E-state index is 11.8. The molecule has 0 radical (unpaired) electrons. The Balaban J connectivity index is 2.76. The highest BCUT2D eigenvalue weighted by molar-refractivity contribution is 7.89. The minimum atomic E-state index is -3.35. The summed E-state index contributed by atoms with van der Waals surface area (Å²) in [6.45, 7) is 2.56. The number of rotatable bonds is 5. The SMILES string of the molecule is CCCCN(C)S(=O)(=O)c1ccn[nH]1. The van der Waals surface area contributed by atoms with Crippen molar-refractivity contribution in [2.24, 2.45) is 0 Å². The number of aromatic amines is 1. The zero-order valence-electron chi connectivity index (χ0n) is 8.40. The van der Waals surface area contributed by atoms with Crippen molar-refractivity contribution in [1.82, 2.24) is 14.5 Å². The number of sulfonamides is 1. The normalized spacial score (nSPS) is 12.2. The summed E-state index contributed by atoms with van der Waals surface area (Å²) >= 11 is 0. The van der Waals surface area contributed by atoms with Gasteiger partial charge in [-0.25, -0.2) is 8.42 Å². The number of H-pyrrole nitrogens is 1. The second kappa shape index (κ2) is 4.56. The Kier molecular flexibility index (Phi) is 3.65. The van der Waals surface area contributed by atoms with Crippen molar-refractivity contribution < 1.29 is 8.42 Å². The molecule has 0 spiro atoms. The summed E-state index contributed by atoms with van der Waals surface area (Å²) in [5, 5.41) is 6.22. The number of hydrogen-bond donors (Lipinski definition) is 1. The minimum Gasteiger partial charge on any atom is -0.266 e. The third kappa shape index (κ3) is 2.33. The van der Waals surface area contributed by atoms with Crippen LogP contribution < -0.4 is 0 Å². The second-order valence-corrected chi connectivity index (χ2v) is 5.11. The van der Waals surface area contributed by atoms with Crippen LogP contribution in [0.2, 0.25) is 0 Å². The summed E-state index contributed by atoms with van der Waals surface area (Å²) in [5.41, 5.74) is 0. The molecule has 0 aliphatic heterocycles. The number of aromatic nitrogens is 2. The monoisotopic (exact) mass is 217 g/mol. The van der Waals surface area contributed by atoms with E-state index in [0.29, 0.717) is 6.54 Å². The van der Waals surface area contributed by atoms with Gasteiger partial charge in [-0.05, 0) is 12.5 Å². The summed E-state index contributed by atoms with van der Waals surface area (Å²) in [6.07, 6.45) is 3.27. The molecule has 0 aliphatic carbocycles. The van der Waals surface area contributed by atoms with Crippen LogP contribution in [-0.2, 0) is 10.0 Å². The molecule has 1 rings (SSSR count). The maximum absolute atomic E-state index is 11.8. The zero-order chi connectivity index (χ0) is 10.6. The molecule has 0 unspecified atom stereocenters. The van der Waals surface area contributed by atoms with E-state index >= 15 is 0 Å². The average Bonchev–Trinajstić information content (AvgIpc) is 2.67. The van der Waals surface area contributed by atoms with E-state index in [1.54, 1.807) is 7.05 Å². The molecular formula is C8H15N3O2S. The second-order valence-electron chi connectivity index (χ2n) is 3.10. The first kappa shape index (κ1) is 11.2. The van der Waals surface area contributed by atoms with Crippen LogP contribution in [0.5, 0.6) is 0 Å². The Morgan fingerprint density at radius 1 is 1.57 bits per heavy atom. The molecule has 1 aromatic rings. The molecule has 1 aromatic heterocycles. The standard InChI is InChI=1S/C8H15N3O2S/c1-3-4-7-11(2)14(12,13)8-5-6-9-10-8/h5-6H,3-4,7H2,1-2H3,(H,9,10). The topological polar surface area (TPSA) is 66.1 Å². The third-order valence-corrected chi connectivity index (χ3v) is 3.78. The van der Waals surface area contributed by atoms with Gasteiger partial charge in [0.2, 0.25) is 0 Å². The van der Waals surface area contributed by atoms with Crippen LogP contribution in [0.1, 0.15) is 19.8 Å². The Morgan fingerprint density at radius 3 is 2.79 bits per heavy atom. The van der Waals surface area contributed by atoms with E-state index < -0.39 is 10.0 Å². The van der Waals surface area contributed by atoms with Gasteiger partial charge in [-0.3, -0.25) is 5.10 Å². The van der Waals surface area contributed by atoms with Gasteiger partial charge in [0.05, 0.1) is 6.20 Å². The predicted molar refractivity (Wildman–Crippen MR) is 53.3 cm³/mol. The van der Waals surface area contributed by atoms with Crippen molar-refractivity contribution in [1.29, 1.82) is 0 Å². The maximum Gasteiger partial charge on any atom is 0.259 e. The van der Waals surface area contributed by atoms with Crippen LogP contribution in [0.3, 0.4) is 0 Å². The van der Waals surface area contributed by atoms with E-state index in [9.17, 15) is 8.42 Å². The fourth-order valence-corrected chi connectivity index (χ4v) is 2.16. The van der Waals surface area contributed by atoms with E-state index in [2.05, 4.69) is 10.2 Å². The summed E-state index contributed by atoms with van der Waals surface area (Å²) < 4.78 is 24.8. The lowest BCUT2D eigenvalue weighted by Crippen LogP contribution is -2.28. The molecule has 0 saturated heterocycles. The fourth-order valence-electron chi connectivity index (χ4n) is 1.06. The molecule has 1 N–H and O–H groups in total. The van der Waals surface area contributed by atoms with Gasteiger partial charge in [-0.15, -0.1) is 0 Å². The van der Waals surface area contributed by atoms with E-state index in [1.165, 1.54) is 16.6 Å². The van der Waals surface area contributed by atoms with Gasteiger partial charge in [0, 0.05) is 13.6 Å². The Bertz CT molecular complexity index is 358. The van der Waals surface area contributed by atoms with E-state index in [4.69, 9.17) is 0 Å². The predicted octanol–water partition coefficient (Wildman–Crippen LogP) is 0.830. The minimum absolute atomic E-state index is 0.149. The van der Waals surface area contributed by atoms with Crippen LogP contribution in [0.15, 0.2) is 17.3 Å². The highest BCUT2D eigenvalue weighted by Gasteiger charge is 2.20. The van der Waals surface area contributed by atoms with Crippen LogP contribution in [-0.4, -0.2) is 36.5 Å². The first-order chi connectivity index (χ1) is 6.59. The van der Waals surface area contributed by atoms with Crippen molar-refractivity contribution in [2.75, 3.05) is 13.6 Å². The number of unbranched alkanes of at least 4 members (excludes halogenated alkanes) is 1. The molecule has 0 aromatic carbocycles. The van der Waals surface area contributed by atoms with Gasteiger partial charge in [0.1, 0.15) is 0 Å². The van der Waals surface area contributed by atoms with Crippen LogP contribution >= 0.6 is 0 Å². The molecule has 0 bridgehead atoms. The zero-order valence-corrected chi connectivity index (χ0v) is 9.21. The van der Waals surface area contributed by atoms with Crippen molar-refractivity contribution in [3.05, 3.63) is 12.3 Å². The van der Waals surface area contributed by atoms with Gasteiger partial charge in [0.15, 0.2) is 5.03 Å². The van der Waals surface area contributed by atoms with Gasteiger partial charge in [0.25, 0.3) is 10.0 Å². The van der Waals surface area contributed by atoms with Crippen LogP contribution in [0.4, 0.5) is 0 Å². The van der Waals surface area contributed by atoms with E-state index in [1.807, 2.05) is 6.92 Å². The summed E-state index contributed by atoms with van der Waals surface area (Å²) in [4.78, 5) is 0. The molecule has 0 amide bonds. The smallest absolute Gasteiger partial charge is 0.259 e. The summed E-state index contributed by atoms with van der Waals surface area (Å²) in [5.74, 6) is 0. The van der Waals surface area contributed by atoms with Gasteiger partial charge in [-0.2, -0.15) is 9.40 Å². The molecule has 14 heavy (non-hydrogen) atoms. The molecule has 5 nitrogen and oxygen atoms in total. The van der Waals surface area contributed by atoms with Crippen molar-refractivity contribution in [3.8, 4) is 0 Å². The molecule has 1 heterocycles. The quantitative estimate of drug-likeness (QED) is 0.794. The lowest BCUT2D eigenvalue weighted by atomic mass is 10.3. The molecular weight excluding hydrogens is 202 g/mol.